The quantitative estimate of drug-likeness (QED) is 0.393. The Balaban J connectivity index is 1.59. The fourth-order valence-corrected chi connectivity index (χ4v) is 6.23. The first-order valence-electron chi connectivity index (χ1n) is 9.20. The van der Waals surface area contributed by atoms with Crippen LogP contribution in [0, 0.1) is 17.3 Å². The Labute approximate surface area is 158 Å². The van der Waals surface area contributed by atoms with Crippen LogP contribution in [0.3, 0.4) is 0 Å². The van der Waals surface area contributed by atoms with E-state index in [9.17, 15) is 23.4 Å². The number of hydrogen-bond acceptors (Lipinski definition) is 6. The van der Waals surface area contributed by atoms with Gasteiger partial charge in [0, 0.05) is 0 Å². The first-order chi connectivity index (χ1) is 12.6. The predicted molar refractivity (Wildman–Crippen MR) is 94.9 cm³/mol. The van der Waals surface area contributed by atoms with Crippen LogP contribution >= 0.6 is 0 Å². The van der Waals surface area contributed by atoms with Crippen molar-refractivity contribution in [3.8, 4) is 0 Å². The van der Waals surface area contributed by atoms with Gasteiger partial charge in [-0.05, 0) is 61.3 Å². The number of carbonyl (C=O) groups excluding carboxylic acids is 1. The van der Waals surface area contributed by atoms with Crippen LogP contribution in [0.5, 0.6) is 0 Å². The van der Waals surface area contributed by atoms with E-state index in [1.165, 1.54) is 5.56 Å². The highest BCUT2D eigenvalue weighted by molar-refractivity contribution is 7.86. The van der Waals surface area contributed by atoms with Crippen molar-refractivity contribution in [2.45, 2.75) is 49.1 Å². The smallest absolute Gasteiger partial charge is 0.330 e. The van der Waals surface area contributed by atoms with Crippen LogP contribution in [0.15, 0.2) is 30.3 Å². The lowest BCUT2D eigenvalue weighted by molar-refractivity contribution is -0.190. The van der Waals surface area contributed by atoms with E-state index in [1.807, 2.05) is 18.2 Å². The molecule has 4 aliphatic carbocycles. The van der Waals surface area contributed by atoms with Gasteiger partial charge < -0.3 is 14.9 Å². The molecule has 5 rings (SSSR count). The van der Waals surface area contributed by atoms with Gasteiger partial charge in [0.25, 0.3) is 0 Å². The number of esters is 1. The average molecular weight is 396 g/mol. The highest BCUT2D eigenvalue weighted by atomic mass is 32.2. The van der Waals surface area contributed by atoms with E-state index in [4.69, 9.17) is 9.29 Å². The summed E-state index contributed by atoms with van der Waals surface area (Å²) in [5.41, 5.74) is 0.380. The maximum Gasteiger partial charge on any atom is 0.330 e. The summed E-state index contributed by atoms with van der Waals surface area (Å²) in [5.74, 6) is 0.190. The summed E-state index contributed by atoms with van der Waals surface area (Å²) in [6.45, 7) is -1.21. The van der Waals surface area contributed by atoms with Crippen molar-refractivity contribution < 1.29 is 32.7 Å². The Morgan fingerprint density at radius 3 is 2.26 bits per heavy atom. The third-order valence-corrected chi connectivity index (χ3v) is 7.63. The van der Waals surface area contributed by atoms with Gasteiger partial charge in [0.2, 0.25) is 0 Å². The molecule has 1 aromatic rings. The van der Waals surface area contributed by atoms with E-state index >= 15 is 0 Å². The second-order valence-electron chi connectivity index (χ2n) is 8.68. The number of aliphatic hydroxyl groups is 2. The van der Waals surface area contributed by atoms with Gasteiger partial charge in [-0.15, -0.1) is 0 Å². The summed E-state index contributed by atoms with van der Waals surface area (Å²) < 4.78 is 35.9. The van der Waals surface area contributed by atoms with Crippen LogP contribution in [0.2, 0.25) is 0 Å². The van der Waals surface area contributed by atoms with Crippen molar-refractivity contribution in [2.75, 3.05) is 6.61 Å². The van der Waals surface area contributed by atoms with Gasteiger partial charge in [-0.25, -0.2) is 0 Å². The van der Waals surface area contributed by atoms with Crippen molar-refractivity contribution >= 4 is 16.1 Å². The zero-order chi connectivity index (χ0) is 19.5. The maximum atomic E-state index is 12.9. The molecule has 8 heteroatoms. The van der Waals surface area contributed by atoms with Gasteiger partial charge in [-0.1, -0.05) is 30.3 Å². The SMILES string of the molecule is O=C(OCC(O)(O)S(=O)(=O)O)C12CC3CC(C1)CC(c1ccccc1)(C3)C2. The van der Waals surface area contributed by atoms with Crippen molar-refractivity contribution in [1.82, 2.24) is 0 Å². The van der Waals surface area contributed by atoms with Gasteiger partial charge in [0.1, 0.15) is 0 Å². The fourth-order valence-electron chi connectivity index (χ4n) is 6.02. The lowest BCUT2D eigenvalue weighted by atomic mass is 9.43. The molecular weight excluding hydrogens is 372 g/mol. The van der Waals surface area contributed by atoms with Crippen LogP contribution in [-0.4, -0.2) is 40.9 Å². The zero-order valence-corrected chi connectivity index (χ0v) is 15.7. The molecule has 4 aliphatic rings. The number of hydrogen-bond donors (Lipinski definition) is 3. The standard InChI is InChI=1S/C19H24O7S/c20-16(26-12-19(21,22)27(23,24)25)18-9-13-6-14(10-18)8-17(7-13,11-18)15-4-2-1-3-5-15/h1-5,13-14,21-22H,6-12H2,(H,23,24,25). The highest BCUT2D eigenvalue weighted by Gasteiger charge is 2.62. The van der Waals surface area contributed by atoms with Crippen LogP contribution in [0.25, 0.3) is 0 Å². The van der Waals surface area contributed by atoms with E-state index in [-0.39, 0.29) is 5.41 Å². The van der Waals surface area contributed by atoms with E-state index in [0.29, 0.717) is 31.1 Å². The molecule has 0 aromatic heterocycles. The van der Waals surface area contributed by atoms with Gasteiger partial charge >= 0.3 is 21.2 Å². The lowest BCUT2D eigenvalue weighted by Crippen LogP contribution is -2.57. The largest absolute Gasteiger partial charge is 0.458 e. The fraction of sp³-hybridized carbons (Fsp3) is 0.632. The van der Waals surface area contributed by atoms with Gasteiger partial charge in [0.05, 0.1) is 5.41 Å². The molecule has 3 N–H and O–H groups in total. The summed E-state index contributed by atoms with van der Waals surface area (Å²) in [6, 6.07) is 10.1. The summed E-state index contributed by atoms with van der Waals surface area (Å²) in [6.07, 6.45) is 5.10. The molecule has 2 unspecified atom stereocenters. The van der Waals surface area contributed by atoms with Crippen molar-refractivity contribution in [3.05, 3.63) is 35.9 Å². The number of benzene rings is 1. The molecular formula is C19H24O7S. The van der Waals surface area contributed by atoms with E-state index in [1.54, 1.807) is 0 Å². The Hall–Kier alpha value is -1.48. The molecule has 1 aromatic carbocycles. The van der Waals surface area contributed by atoms with E-state index < -0.39 is 33.2 Å². The lowest BCUT2D eigenvalue weighted by Gasteiger charge is -2.61. The summed E-state index contributed by atoms with van der Waals surface area (Å²) in [4.78, 5) is 12.9. The normalized spacial score (nSPS) is 35.2. The Morgan fingerprint density at radius 1 is 1.11 bits per heavy atom. The second-order valence-corrected chi connectivity index (χ2v) is 10.3. The molecule has 0 amide bonds. The molecule has 0 aliphatic heterocycles. The average Bonchev–Trinajstić information content (AvgIpc) is 2.58. The van der Waals surface area contributed by atoms with Crippen LogP contribution in [0.1, 0.15) is 44.1 Å². The minimum Gasteiger partial charge on any atom is -0.458 e. The van der Waals surface area contributed by atoms with Crippen molar-refractivity contribution in [3.63, 3.8) is 0 Å². The van der Waals surface area contributed by atoms with Crippen LogP contribution in [0.4, 0.5) is 0 Å². The van der Waals surface area contributed by atoms with Gasteiger partial charge in [0.15, 0.2) is 6.61 Å². The number of rotatable bonds is 5. The molecule has 148 valence electrons. The Bertz CT molecular complexity index is 832. The molecule has 7 nitrogen and oxygen atoms in total. The first-order valence-corrected chi connectivity index (χ1v) is 10.6. The van der Waals surface area contributed by atoms with Crippen LogP contribution < -0.4 is 0 Å². The molecule has 0 heterocycles. The Morgan fingerprint density at radius 2 is 1.70 bits per heavy atom. The molecule has 0 spiro atoms. The number of ether oxygens (including phenoxy) is 1. The third-order valence-electron chi connectivity index (χ3n) is 6.68. The molecule has 4 saturated carbocycles. The third kappa shape index (κ3) is 3.08. The topological polar surface area (TPSA) is 121 Å². The minimum absolute atomic E-state index is 0.0943. The molecule has 2 atom stereocenters. The van der Waals surface area contributed by atoms with E-state index in [2.05, 4.69) is 12.1 Å². The molecule has 0 saturated heterocycles. The van der Waals surface area contributed by atoms with Crippen LogP contribution in [-0.2, 0) is 25.1 Å². The zero-order valence-electron chi connectivity index (χ0n) is 14.9. The monoisotopic (exact) mass is 396 g/mol. The Kier molecular flexibility index (Phi) is 4.20. The molecule has 0 radical (unpaired) electrons. The highest BCUT2D eigenvalue weighted by Crippen LogP contribution is 2.66. The molecule has 4 bridgehead atoms. The summed E-state index contributed by atoms with van der Waals surface area (Å²) >= 11 is 0. The summed E-state index contributed by atoms with van der Waals surface area (Å²) in [7, 11) is -5.18. The number of carbonyl (C=O) groups is 1. The van der Waals surface area contributed by atoms with E-state index in [0.717, 1.165) is 19.3 Å². The first kappa shape index (κ1) is 18.9. The second kappa shape index (κ2) is 6.01. The summed E-state index contributed by atoms with van der Waals surface area (Å²) in [5, 5.41) is 15.4. The van der Waals surface area contributed by atoms with Crippen molar-refractivity contribution in [1.29, 1.82) is 0 Å². The molecule has 4 fully saturated rings. The minimum atomic E-state index is -5.18. The predicted octanol–water partition coefficient (Wildman–Crippen LogP) is 1.59. The molecule has 27 heavy (non-hydrogen) atoms. The maximum absolute atomic E-state index is 12.9. The van der Waals surface area contributed by atoms with Gasteiger partial charge in [-0.3, -0.25) is 9.35 Å². The van der Waals surface area contributed by atoms with Gasteiger partial charge in [-0.2, -0.15) is 8.42 Å². The van der Waals surface area contributed by atoms with Crippen molar-refractivity contribution in [2.24, 2.45) is 17.3 Å².